The van der Waals surface area contributed by atoms with E-state index in [0.717, 1.165) is 22.4 Å². The first-order valence-electron chi connectivity index (χ1n) is 9.30. The fourth-order valence-electron chi connectivity index (χ4n) is 2.64. The van der Waals surface area contributed by atoms with E-state index < -0.39 is 24.5 Å². The van der Waals surface area contributed by atoms with Crippen LogP contribution in [-0.4, -0.2) is 37.7 Å². The zero-order chi connectivity index (χ0) is 21.4. The molecule has 2 rings (SSSR count). The number of rotatable bonds is 9. The molecule has 1 amide bonds. The zero-order valence-electron chi connectivity index (χ0n) is 17.0. The molecule has 2 aromatic rings. The number of esters is 2. The van der Waals surface area contributed by atoms with Gasteiger partial charge in [0.05, 0.1) is 12.2 Å². The van der Waals surface area contributed by atoms with Crippen molar-refractivity contribution in [3.8, 4) is 5.75 Å². The molecule has 0 bridgehead atoms. The highest BCUT2D eigenvalue weighted by atomic mass is 32.1. The molecule has 0 saturated heterocycles. The number of aryl methyl sites for hydroxylation is 2. The molecule has 1 aromatic heterocycles. The number of amides is 1. The Morgan fingerprint density at radius 3 is 2.41 bits per heavy atom. The lowest BCUT2D eigenvalue weighted by atomic mass is 10.1. The van der Waals surface area contributed by atoms with Crippen molar-refractivity contribution in [3.05, 3.63) is 45.8 Å². The van der Waals surface area contributed by atoms with E-state index in [2.05, 4.69) is 5.32 Å². The van der Waals surface area contributed by atoms with Gasteiger partial charge >= 0.3 is 11.9 Å². The van der Waals surface area contributed by atoms with Crippen molar-refractivity contribution in [1.29, 1.82) is 0 Å². The summed E-state index contributed by atoms with van der Waals surface area (Å²) in [4.78, 5) is 37.3. The number of para-hydroxylation sites is 1. The van der Waals surface area contributed by atoms with Gasteiger partial charge in [-0.2, -0.15) is 0 Å². The highest BCUT2D eigenvalue weighted by Gasteiger charge is 2.23. The van der Waals surface area contributed by atoms with E-state index in [1.165, 1.54) is 11.3 Å². The van der Waals surface area contributed by atoms with Crippen LogP contribution in [0.1, 0.15) is 40.2 Å². The third kappa shape index (κ3) is 6.05. The van der Waals surface area contributed by atoms with Crippen molar-refractivity contribution in [2.75, 3.05) is 25.1 Å². The van der Waals surface area contributed by atoms with Gasteiger partial charge in [0.1, 0.15) is 10.8 Å². The number of hydrogen-bond acceptors (Lipinski definition) is 7. The summed E-state index contributed by atoms with van der Waals surface area (Å²) in [6, 6.07) is 7.28. The predicted molar refractivity (Wildman–Crippen MR) is 111 cm³/mol. The van der Waals surface area contributed by atoms with Crippen LogP contribution in [0, 0.1) is 13.8 Å². The van der Waals surface area contributed by atoms with E-state index >= 15 is 0 Å². The van der Waals surface area contributed by atoms with Crippen molar-refractivity contribution >= 4 is 34.2 Å². The minimum Gasteiger partial charge on any atom is -0.482 e. The Kier molecular flexibility index (Phi) is 8.21. The topological polar surface area (TPSA) is 90.9 Å². The first-order chi connectivity index (χ1) is 13.9. The Labute approximate surface area is 174 Å². The van der Waals surface area contributed by atoms with Gasteiger partial charge in [-0.15, -0.1) is 11.3 Å². The lowest BCUT2D eigenvalue weighted by Crippen LogP contribution is -2.24. The fourth-order valence-corrected chi connectivity index (χ4v) is 3.79. The fraction of sp³-hybridized carbons (Fsp3) is 0.381. The summed E-state index contributed by atoms with van der Waals surface area (Å²) in [5, 5.41) is 3.04. The number of thiophene rings is 1. The highest BCUT2D eigenvalue weighted by Crippen LogP contribution is 2.34. The molecule has 8 heteroatoms. The van der Waals surface area contributed by atoms with Crippen LogP contribution in [-0.2, 0) is 25.5 Å². The molecule has 0 fully saturated rings. The minimum atomic E-state index is -0.661. The molecule has 0 aliphatic rings. The maximum Gasteiger partial charge on any atom is 0.344 e. The van der Waals surface area contributed by atoms with Crippen molar-refractivity contribution in [1.82, 2.24) is 0 Å². The molecule has 0 spiro atoms. The smallest absolute Gasteiger partial charge is 0.344 e. The third-order valence-corrected chi connectivity index (χ3v) is 5.45. The van der Waals surface area contributed by atoms with E-state index in [1.807, 2.05) is 32.9 Å². The number of carbonyl (C=O) groups excluding carboxylic acids is 3. The average Bonchev–Trinajstić information content (AvgIpc) is 3.01. The summed E-state index contributed by atoms with van der Waals surface area (Å²) < 4.78 is 15.4. The van der Waals surface area contributed by atoms with Gasteiger partial charge in [0.25, 0.3) is 5.91 Å². The second-order valence-electron chi connectivity index (χ2n) is 6.19. The summed E-state index contributed by atoms with van der Waals surface area (Å²) >= 11 is 1.31. The van der Waals surface area contributed by atoms with Crippen molar-refractivity contribution in [3.63, 3.8) is 0 Å². The largest absolute Gasteiger partial charge is 0.482 e. The predicted octanol–water partition coefficient (Wildman–Crippen LogP) is 3.66. The zero-order valence-corrected chi connectivity index (χ0v) is 17.8. The number of benzene rings is 1. The number of carbonyl (C=O) groups is 3. The van der Waals surface area contributed by atoms with Crippen LogP contribution in [0.2, 0.25) is 0 Å². The van der Waals surface area contributed by atoms with E-state index in [0.29, 0.717) is 16.3 Å². The molecular weight excluding hydrogens is 394 g/mol. The van der Waals surface area contributed by atoms with Gasteiger partial charge in [-0.1, -0.05) is 25.1 Å². The Hall–Kier alpha value is -2.87. The standard InChI is InChI=1S/C21H25NO6S/c1-5-16-14(4)19(21(25)26-6-2)20(29-16)22-17(23)11-28-18(24)12-27-15-10-8-7-9-13(15)3/h7-10H,5-6,11-12H2,1-4H3,(H,22,23). The minimum absolute atomic E-state index is 0.238. The molecule has 0 aliphatic heterocycles. The van der Waals surface area contributed by atoms with Crippen molar-refractivity contribution in [2.45, 2.75) is 34.1 Å². The second-order valence-corrected chi connectivity index (χ2v) is 7.30. The SMILES string of the molecule is CCOC(=O)c1c(NC(=O)COC(=O)COc2ccccc2C)sc(CC)c1C. The molecule has 1 aromatic carbocycles. The van der Waals surface area contributed by atoms with Gasteiger partial charge in [-0.05, 0) is 44.4 Å². The van der Waals surface area contributed by atoms with Gasteiger partial charge in [0, 0.05) is 4.88 Å². The third-order valence-electron chi connectivity index (χ3n) is 4.10. The highest BCUT2D eigenvalue weighted by molar-refractivity contribution is 7.17. The van der Waals surface area contributed by atoms with E-state index in [1.54, 1.807) is 19.1 Å². The van der Waals surface area contributed by atoms with Crippen LogP contribution in [0.15, 0.2) is 24.3 Å². The van der Waals surface area contributed by atoms with Crippen LogP contribution in [0.5, 0.6) is 5.75 Å². The molecule has 1 N–H and O–H groups in total. The normalized spacial score (nSPS) is 10.3. The number of nitrogens with one attached hydrogen (secondary N) is 1. The molecule has 156 valence electrons. The molecule has 0 unspecified atom stereocenters. The van der Waals surface area contributed by atoms with E-state index in [4.69, 9.17) is 14.2 Å². The molecule has 0 aliphatic carbocycles. The van der Waals surface area contributed by atoms with Crippen LogP contribution >= 0.6 is 11.3 Å². The van der Waals surface area contributed by atoms with Gasteiger partial charge in [0.2, 0.25) is 0 Å². The van der Waals surface area contributed by atoms with Crippen LogP contribution in [0.4, 0.5) is 5.00 Å². The van der Waals surface area contributed by atoms with Crippen molar-refractivity contribution < 1.29 is 28.6 Å². The van der Waals surface area contributed by atoms with Gasteiger partial charge in [-0.3, -0.25) is 4.79 Å². The molecule has 29 heavy (non-hydrogen) atoms. The summed E-state index contributed by atoms with van der Waals surface area (Å²) in [7, 11) is 0. The lowest BCUT2D eigenvalue weighted by molar-refractivity contribution is -0.149. The number of hydrogen-bond donors (Lipinski definition) is 1. The molecule has 0 saturated carbocycles. The van der Waals surface area contributed by atoms with Crippen molar-refractivity contribution in [2.24, 2.45) is 0 Å². The Morgan fingerprint density at radius 1 is 1.03 bits per heavy atom. The van der Waals surface area contributed by atoms with Crippen LogP contribution < -0.4 is 10.1 Å². The quantitative estimate of drug-likeness (QED) is 0.624. The van der Waals surface area contributed by atoms with E-state index in [9.17, 15) is 14.4 Å². The monoisotopic (exact) mass is 419 g/mol. The summed E-state index contributed by atoms with van der Waals surface area (Å²) in [6.45, 7) is 6.83. The molecule has 7 nitrogen and oxygen atoms in total. The van der Waals surface area contributed by atoms with Crippen LogP contribution in [0.3, 0.4) is 0 Å². The number of anilines is 1. The average molecular weight is 419 g/mol. The Balaban J connectivity index is 1.92. The first-order valence-corrected chi connectivity index (χ1v) is 10.1. The summed E-state index contributed by atoms with van der Waals surface area (Å²) in [5.74, 6) is -1.11. The van der Waals surface area contributed by atoms with Gasteiger partial charge < -0.3 is 19.5 Å². The lowest BCUT2D eigenvalue weighted by Gasteiger charge is -2.09. The van der Waals surface area contributed by atoms with Gasteiger partial charge in [-0.25, -0.2) is 9.59 Å². The Bertz CT molecular complexity index is 889. The first kappa shape index (κ1) is 22.4. The van der Waals surface area contributed by atoms with Gasteiger partial charge in [0.15, 0.2) is 13.2 Å². The molecular formula is C21H25NO6S. The van der Waals surface area contributed by atoms with Crippen LogP contribution in [0.25, 0.3) is 0 Å². The molecule has 0 radical (unpaired) electrons. The second kappa shape index (κ2) is 10.6. The van der Waals surface area contributed by atoms with E-state index in [-0.39, 0.29) is 13.2 Å². The molecule has 0 atom stereocenters. The maximum atomic E-state index is 12.2. The number of ether oxygens (including phenoxy) is 3. The summed E-state index contributed by atoms with van der Waals surface area (Å²) in [6.07, 6.45) is 0.726. The summed E-state index contributed by atoms with van der Waals surface area (Å²) in [5.41, 5.74) is 2.02. The maximum absolute atomic E-state index is 12.2. The Morgan fingerprint density at radius 2 is 1.76 bits per heavy atom. The molecule has 1 heterocycles.